The molecule has 0 aliphatic heterocycles. The SMILES string of the molecule is CCNCc1cnc(CSC(C)C)nc1CC. The molecule has 0 radical (unpaired) electrons. The predicted octanol–water partition coefficient (Wildman–Crippen LogP) is 2.79. The van der Waals surface area contributed by atoms with Crippen molar-refractivity contribution in [3.63, 3.8) is 0 Å². The van der Waals surface area contributed by atoms with Crippen LogP contribution < -0.4 is 5.32 Å². The Kier molecular flexibility index (Phi) is 6.52. The first-order valence-corrected chi connectivity index (χ1v) is 7.38. The van der Waals surface area contributed by atoms with E-state index in [9.17, 15) is 0 Å². The summed E-state index contributed by atoms with van der Waals surface area (Å²) >= 11 is 1.89. The molecule has 17 heavy (non-hydrogen) atoms. The number of rotatable bonds is 7. The lowest BCUT2D eigenvalue weighted by Crippen LogP contribution is -2.15. The Morgan fingerprint density at radius 1 is 1.35 bits per heavy atom. The van der Waals surface area contributed by atoms with Crippen molar-refractivity contribution in [2.75, 3.05) is 6.54 Å². The fraction of sp³-hybridized carbons (Fsp3) is 0.692. The first kappa shape index (κ1) is 14.5. The van der Waals surface area contributed by atoms with Gasteiger partial charge in [0.2, 0.25) is 0 Å². The lowest BCUT2D eigenvalue weighted by molar-refractivity contribution is 0.708. The number of aryl methyl sites for hydroxylation is 1. The zero-order chi connectivity index (χ0) is 12.7. The van der Waals surface area contributed by atoms with Crippen molar-refractivity contribution in [3.05, 3.63) is 23.3 Å². The summed E-state index contributed by atoms with van der Waals surface area (Å²) in [7, 11) is 0. The molecule has 0 saturated carbocycles. The molecule has 0 atom stereocenters. The Labute approximate surface area is 109 Å². The Balaban J connectivity index is 2.70. The molecule has 0 fully saturated rings. The standard InChI is InChI=1S/C13H23N3S/c1-5-12-11(7-14-6-2)8-15-13(16-12)9-17-10(3)4/h8,10,14H,5-7,9H2,1-4H3. The molecule has 1 aromatic heterocycles. The molecule has 0 bridgehead atoms. The first-order chi connectivity index (χ1) is 8.17. The molecule has 4 heteroatoms. The number of nitrogens with one attached hydrogen (secondary N) is 1. The molecule has 1 aromatic rings. The van der Waals surface area contributed by atoms with Crippen LogP contribution in [-0.2, 0) is 18.7 Å². The molecule has 0 aliphatic carbocycles. The molecule has 1 rings (SSSR count). The molecule has 0 unspecified atom stereocenters. The van der Waals surface area contributed by atoms with Gasteiger partial charge in [-0.3, -0.25) is 0 Å². The summed E-state index contributed by atoms with van der Waals surface area (Å²) in [4.78, 5) is 9.08. The number of hydrogen-bond donors (Lipinski definition) is 1. The largest absolute Gasteiger partial charge is 0.313 e. The third-order valence-electron chi connectivity index (χ3n) is 2.45. The maximum absolute atomic E-state index is 4.64. The minimum atomic E-state index is 0.630. The molecule has 96 valence electrons. The quantitative estimate of drug-likeness (QED) is 0.811. The van der Waals surface area contributed by atoms with E-state index in [1.165, 1.54) is 11.3 Å². The van der Waals surface area contributed by atoms with Gasteiger partial charge in [0.05, 0.1) is 5.75 Å². The van der Waals surface area contributed by atoms with Crippen LogP contribution in [0.1, 0.15) is 44.8 Å². The van der Waals surface area contributed by atoms with Gasteiger partial charge in [0.25, 0.3) is 0 Å². The Morgan fingerprint density at radius 3 is 2.71 bits per heavy atom. The molecule has 0 aliphatic rings. The van der Waals surface area contributed by atoms with E-state index in [0.717, 1.165) is 31.1 Å². The molecular formula is C13H23N3S. The second kappa shape index (κ2) is 7.67. The average molecular weight is 253 g/mol. The summed E-state index contributed by atoms with van der Waals surface area (Å²) in [5, 5.41) is 3.95. The van der Waals surface area contributed by atoms with Crippen molar-refractivity contribution in [1.82, 2.24) is 15.3 Å². The highest BCUT2D eigenvalue weighted by atomic mass is 32.2. The average Bonchev–Trinajstić information content (AvgIpc) is 2.34. The smallest absolute Gasteiger partial charge is 0.138 e. The summed E-state index contributed by atoms with van der Waals surface area (Å²) in [6, 6.07) is 0. The van der Waals surface area contributed by atoms with Crippen molar-refractivity contribution in [3.8, 4) is 0 Å². The lowest BCUT2D eigenvalue weighted by atomic mass is 10.2. The van der Waals surface area contributed by atoms with Crippen molar-refractivity contribution in [2.24, 2.45) is 0 Å². The Morgan fingerprint density at radius 2 is 2.12 bits per heavy atom. The number of aromatic nitrogens is 2. The molecule has 0 aromatic carbocycles. The summed E-state index contributed by atoms with van der Waals surface area (Å²) < 4.78 is 0. The Hall–Kier alpha value is -0.610. The molecule has 0 saturated heterocycles. The molecule has 1 N–H and O–H groups in total. The number of nitrogens with zero attached hydrogens (tertiary/aromatic N) is 2. The van der Waals surface area contributed by atoms with Crippen LogP contribution in [0.3, 0.4) is 0 Å². The van der Waals surface area contributed by atoms with Gasteiger partial charge < -0.3 is 5.32 Å². The second-order valence-corrected chi connectivity index (χ2v) is 5.82. The molecule has 3 nitrogen and oxygen atoms in total. The van der Waals surface area contributed by atoms with Gasteiger partial charge in [0.15, 0.2) is 0 Å². The minimum absolute atomic E-state index is 0.630. The molecule has 0 amide bonds. The van der Waals surface area contributed by atoms with Crippen molar-refractivity contribution in [1.29, 1.82) is 0 Å². The van der Waals surface area contributed by atoms with Crippen LogP contribution in [0.2, 0.25) is 0 Å². The fourth-order valence-electron chi connectivity index (χ4n) is 1.51. The first-order valence-electron chi connectivity index (χ1n) is 6.33. The fourth-order valence-corrected chi connectivity index (χ4v) is 2.13. The van der Waals surface area contributed by atoms with E-state index in [4.69, 9.17) is 0 Å². The van der Waals surface area contributed by atoms with Crippen LogP contribution >= 0.6 is 11.8 Å². The zero-order valence-corrected chi connectivity index (χ0v) is 12.1. The predicted molar refractivity (Wildman–Crippen MR) is 75.2 cm³/mol. The molecule has 0 spiro atoms. The highest BCUT2D eigenvalue weighted by molar-refractivity contribution is 7.99. The van der Waals surface area contributed by atoms with Crippen LogP contribution in [-0.4, -0.2) is 21.8 Å². The maximum Gasteiger partial charge on any atom is 0.138 e. The van der Waals surface area contributed by atoms with Crippen LogP contribution in [0.4, 0.5) is 0 Å². The zero-order valence-electron chi connectivity index (χ0n) is 11.3. The van der Waals surface area contributed by atoms with E-state index >= 15 is 0 Å². The number of thioether (sulfide) groups is 1. The molecular weight excluding hydrogens is 230 g/mol. The van der Waals surface area contributed by atoms with Crippen LogP contribution in [0.25, 0.3) is 0 Å². The number of hydrogen-bond acceptors (Lipinski definition) is 4. The summed E-state index contributed by atoms with van der Waals surface area (Å²) in [6.45, 7) is 10.5. The van der Waals surface area contributed by atoms with Gasteiger partial charge in [0.1, 0.15) is 5.82 Å². The van der Waals surface area contributed by atoms with Crippen molar-refractivity contribution >= 4 is 11.8 Å². The summed E-state index contributed by atoms with van der Waals surface area (Å²) in [6.07, 6.45) is 2.95. The van der Waals surface area contributed by atoms with Gasteiger partial charge in [-0.05, 0) is 18.2 Å². The van der Waals surface area contributed by atoms with E-state index in [-0.39, 0.29) is 0 Å². The highest BCUT2D eigenvalue weighted by Crippen LogP contribution is 2.15. The third-order valence-corrected chi connectivity index (χ3v) is 3.54. The van der Waals surface area contributed by atoms with Gasteiger partial charge in [-0.1, -0.05) is 27.7 Å². The van der Waals surface area contributed by atoms with Gasteiger partial charge in [-0.2, -0.15) is 11.8 Å². The van der Waals surface area contributed by atoms with Crippen LogP contribution in [0, 0.1) is 0 Å². The van der Waals surface area contributed by atoms with Gasteiger partial charge in [-0.25, -0.2) is 9.97 Å². The van der Waals surface area contributed by atoms with Crippen LogP contribution in [0.15, 0.2) is 6.20 Å². The van der Waals surface area contributed by atoms with E-state index in [1.54, 1.807) is 0 Å². The third kappa shape index (κ3) is 5.04. The lowest BCUT2D eigenvalue weighted by Gasteiger charge is -2.09. The minimum Gasteiger partial charge on any atom is -0.313 e. The molecule has 1 heterocycles. The second-order valence-electron chi connectivity index (χ2n) is 4.25. The van der Waals surface area contributed by atoms with E-state index in [0.29, 0.717) is 5.25 Å². The van der Waals surface area contributed by atoms with Crippen molar-refractivity contribution in [2.45, 2.75) is 51.7 Å². The topological polar surface area (TPSA) is 37.8 Å². The summed E-state index contributed by atoms with van der Waals surface area (Å²) in [5.74, 6) is 1.87. The van der Waals surface area contributed by atoms with Gasteiger partial charge in [-0.15, -0.1) is 0 Å². The summed E-state index contributed by atoms with van der Waals surface area (Å²) in [5.41, 5.74) is 2.41. The van der Waals surface area contributed by atoms with E-state index in [1.807, 2.05) is 18.0 Å². The van der Waals surface area contributed by atoms with E-state index in [2.05, 4.69) is 43.0 Å². The van der Waals surface area contributed by atoms with Crippen LogP contribution in [0.5, 0.6) is 0 Å². The highest BCUT2D eigenvalue weighted by Gasteiger charge is 2.06. The van der Waals surface area contributed by atoms with E-state index < -0.39 is 0 Å². The maximum atomic E-state index is 4.64. The van der Waals surface area contributed by atoms with Gasteiger partial charge >= 0.3 is 0 Å². The van der Waals surface area contributed by atoms with Gasteiger partial charge in [0, 0.05) is 24.0 Å². The Bertz CT molecular complexity index is 339. The normalized spacial score (nSPS) is 11.1. The monoisotopic (exact) mass is 253 g/mol. The van der Waals surface area contributed by atoms with Crippen molar-refractivity contribution < 1.29 is 0 Å².